The SMILES string of the molecule is O=C(c1cc(S)ccc1Cl)N(Cc1cccs1)C1CC1. The first-order chi connectivity index (χ1) is 9.65. The van der Waals surface area contributed by atoms with Gasteiger partial charge in [0.1, 0.15) is 0 Å². The van der Waals surface area contributed by atoms with Crippen LogP contribution in [0.25, 0.3) is 0 Å². The van der Waals surface area contributed by atoms with Crippen molar-refractivity contribution in [3.05, 3.63) is 51.2 Å². The maximum absolute atomic E-state index is 12.7. The molecular weight excluding hydrogens is 310 g/mol. The highest BCUT2D eigenvalue weighted by Gasteiger charge is 2.33. The molecule has 20 heavy (non-hydrogen) atoms. The maximum Gasteiger partial charge on any atom is 0.255 e. The molecule has 1 heterocycles. The third kappa shape index (κ3) is 3.03. The Morgan fingerprint density at radius 3 is 2.85 bits per heavy atom. The monoisotopic (exact) mass is 323 g/mol. The molecule has 0 saturated heterocycles. The summed E-state index contributed by atoms with van der Waals surface area (Å²) in [6.07, 6.45) is 2.16. The fraction of sp³-hybridized carbons (Fsp3) is 0.267. The number of amides is 1. The Morgan fingerprint density at radius 1 is 1.40 bits per heavy atom. The van der Waals surface area contributed by atoms with E-state index < -0.39 is 0 Å². The molecule has 1 fully saturated rings. The number of hydrogen-bond acceptors (Lipinski definition) is 3. The number of carbonyl (C=O) groups excluding carboxylic acids is 1. The Kier molecular flexibility index (Phi) is 4.06. The first-order valence-corrected chi connectivity index (χ1v) is 8.17. The second-order valence-electron chi connectivity index (χ2n) is 4.91. The molecule has 0 radical (unpaired) electrons. The van der Waals surface area contributed by atoms with Crippen molar-refractivity contribution in [1.29, 1.82) is 0 Å². The van der Waals surface area contributed by atoms with Gasteiger partial charge >= 0.3 is 0 Å². The van der Waals surface area contributed by atoms with Crippen LogP contribution in [0, 0.1) is 0 Å². The molecule has 0 bridgehead atoms. The van der Waals surface area contributed by atoms with Crippen molar-refractivity contribution in [3.8, 4) is 0 Å². The standard InChI is InChI=1S/C15H14ClNOS2/c16-14-6-5-11(19)8-13(14)15(18)17(10-3-4-10)9-12-2-1-7-20-12/h1-2,5-8,10,19H,3-4,9H2. The summed E-state index contributed by atoms with van der Waals surface area (Å²) < 4.78 is 0. The van der Waals surface area contributed by atoms with Gasteiger partial charge in [0.05, 0.1) is 17.1 Å². The largest absolute Gasteiger partial charge is 0.330 e. The van der Waals surface area contributed by atoms with E-state index in [4.69, 9.17) is 11.6 Å². The molecule has 1 aromatic heterocycles. The molecule has 2 nitrogen and oxygen atoms in total. The van der Waals surface area contributed by atoms with Gasteiger partial charge in [-0.15, -0.1) is 24.0 Å². The van der Waals surface area contributed by atoms with Crippen LogP contribution in [0.5, 0.6) is 0 Å². The minimum atomic E-state index is 0.00167. The van der Waals surface area contributed by atoms with Gasteiger partial charge in [-0.1, -0.05) is 17.7 Å². The number of thiophene rings is 1. The maximum atomic E-state index is 12.7. The Hall–Kier alpha value is -0.970. The number of benzene rings is 1. The van der Waals surface area contributed by atoms with Gasteiger partial charge in [0, 0.05) is 15.8 Å². The van der Waals surface area contributed by atoms with Crippen LogP contribution in [0.2, 0.25) is 5.02 Å². The lowest BCUT2D eigenvalue weighted by Crippen LogP contribution is -2.32. The van der Waals surface area contributed by atoms with E-state index in [1.165, 1.54) is 4.88 Å². The molecule has 0 atom stereocenters. The Balaban J connectivity index is 1.87. The van der Waals surface area contributed by atoms with Crippen molar-refractivity contribution in [2.45, 2.75) is 30.3 Å². The predicted molar refractivity (Wildman–Crippen MR) is 85.9 cm³/mol. The van der Waals surface area contributed by atoms with Crippen molar-refractivity contribution >= 4 is 41.5 Å². The molecule has 0 unspecified atom stereocenters. The molecule has 1 aromatic carbocycles. The second kappa shape index (κ2) is 5.80. The first-order valence-electron chi connectivity index (χ1n) is 6.47. The van der Waals surface area contributed by atoms with E-state index in [1.54, 1.807) is 29.5 Å². The summed E-state index contributed by atoms with van der Waals surface area (Å²) in [6.45, 7) is 0.661. The van der Waals surface area contributed by atoms with Crippen LogP contribution in [-0.4, -0.2) is 16.8 Å². The topological polar surface area (TPSA) is 20.3 Å². The number of rotatable bonds is 4. The second-order valence-corrected chi connectivity index (χ2v) is 6.86. The summed E-state index contributed by atoms with van der Waals surface area (Å²) in [4.78, 5) is 16.6. The average Bonchev–Trinajstić information content (AvgIpc) is 3.15. The lowest BCUT2D eigenvalue weighted by molar-refractivity contribution is 0.0731. The van der Waals surface area contributed by atoms with Gasteiger partial charge in [0.15, 0.2) is 0 Å². The molecule has 1 amide bonds. The number of hydrogen-bond donors (Lipinski definition) is 1. The lowest BCUT2D eigenvalue weighted by Gasteiger charge is -2.22. The van der Waals surface area contributed by atoms with E-state index in [0.717, 1.165) is 17.7 Å². The predicted octanol–water partition coefficient (Wildman–Crippen LogP) is 4.50. The molecular formula is C15H14ClNOS2. The minimum absolute atomic E-state index is 0.00167. The minimum Gasteiger partial charge on any atom is -0.330 e. The van der Waals surface area contributed by atoms with Gasteiger partial charge in [-0.25, -0.2) is 0 Å². The van der Waals surface area contributed by atoms with E-state index in [0.29, 0.717) is 23.2 Å². The van der Waals surface area contributed by atoms with Gasteiger partial charge in [-0.05, 0) is 42.5 Å². The zero-order valence-electron chi connectivity index (χ0n) is 10.8. The fourth-order valence-electron chi connectivity index (χ4n) is 2.16. The van der Waals surface area contributed by atoms with Gasteiger partial charge in [-0.3, -0.25) is 4.79 Å². The number of nitrogens with zero attached hydrogens (tertiary/aromatic N) is 1. The summed E-state index contributed by atoms with van der Waals surface area (Å²) in [7, 11) is 0. The smallest absolute Gasteiger partial charge is 0.255 e. The highest BCUT2D eigenvalue weighted by atomic mass is 35.5. The van der Waals surface area contributed by atoms with Crippen molar-refractivity contribution in [1.82, 2.24) is 4.90 Å². The molecule has 1 saturated carbocycles. The molecule has 3 rings (SSSR count). The van der Waals surface area contributed by atoms with Crippen LogP contribution in [0.3, 0.4) is 0 Å². The van der Waals surface area contributed by atoms with E-state index in [-0.39, 0.29) is 5.91 Å². The van der Waals surface area contributed by atoms with E-state index in [2.05, 4.69) is 18.7 Å². The van der Waals surface area contributed by atoms with Gasteiger partial charge in [0.25, 0.3) is 5.91 Å². The summed E-state index contributed by atoms with van der Waals surface area (Å²) in [5.41, 5.74) is 0.544. The molecule has 1 aliphatic rings. The Bertz CT molecular complexity index is 623. The quantitative estimate of drug-likeness (QED) is 0.822. The number of thiol groups is 1. The lowest BCUT2D eigenvalue weighted by atomic mass is 10.2. The Morgan fingerprint density at radius 2 is 2.20 bits per heavy atom. The third-order valence-electron chi connectivity index (χ3n) is 3.34. The molecule has 0 N–H and O–H groups in total. The van der Waals surface area contributed by atoms with Crippen LogP contribution in [0.15, 0.2) is 40.6 Å². The molecule has 2 aromatic rings. The van der Waals surface area contributed by atoms with Gasteiger partial charge in [0.2, 0.25) is 0 Å². The summed E-state index contributed by atoms with van der Waals surface area (Å²) in [5, 5.41) is 2.52. The Labute approximate surface area is 132 Å². The first kappa shape index (κ1) is 14.0. The summed E-state index contributed by atoms with van der Waals surface area (Å²) in [5.74, 6) is 0.00167. The summed E-state index contributed by atoms with van der Waals surface area (Å²) >= 11 is 12.1. The third-order valence-corrected chi connectivity index (χ3v) is 4.80. The highest BCUT2D eigenvalue weighted by Crippen LogP contribution is 2.32. The van der Waals surface area contributed by atoms with Crippen molar-refractivity contribution in [3.63, 3.8) is 0 Å². The van der Waals surface area contributed by atoms with E-state index in [1.807, 2.05) is 16.3 Å². The van der Waals surface area contributed by atoms with Crippen LogP contribution < -0.4 is 0 Å². The number of carbonyl (C=O) groups is 1. The molecule has 0 aliphatic heterocycles. The van der Waals surface area contributed by atoms with Gasteiger partial charge in [-0.2, -0.15) is 0 Å². The van der Waals surface area contributed by atoms with Crippen LogP contribution in [-0.2, 0) is 6.54 Å². The van der Waals surface area contributed by atoms with Crippen molar-refractivity contribution in [2.75, 3.05) is 0 Å². The van der Waals surface area contributed by atoms with E-state index in [9.17, 15) is 4.79 Å². The van der Waals surface area contributed by atoms with Crippen LogP contribution >= 0.6 is 35.6 Å². The number of halogens is 1. The molecule has 104 valence electrons. The van der Waals surface area contributed by atoms with Gasteiger partial charge < -0.3 is 4.90 Å². The normalized spacial score (nSPS) is 14.3. The molecule has 1 aliphatic carbocycles. The van der Waals surface area contributed by atoms with Crippen molar-refractivity contribution < 1.29 is 4.79 Å². The van der Waals surface area contributed by atoms with E-state index >= 15 is 0 Å². The van der Waals surface area contributed by atoms with Crippen LogP contribution in [0.1, 0.15) is 28.1 Å². The average molecular weight is 324 g/mol. The highest BCUT2D eigenvalue weighted by molar-refractivity contribution is 7.80. The molecule has 5 heteroatoms. The van der Waals surface area contributed by atoms with Crippen LogP contribution in [0.4, 0.5) is 0 Å². The fourth-order valence-corrected chi connectivity index (χ4v) is 3.26. The zero-order valence-corrected chi connectivity index (χ0v) is 13.2. The van der Waals surface area contributed by atoms with Crippen molar-refractivity contribution in [2.24, 2.45) is 0 Å². The zero-order chi connectivity index (χ0) is 14.1. The summed E-state index contributed by atoms with van der Waals surface area (Å²) in [6, 6.07) is 9.69. The molecule has 0 spiro atoms.